The van der Waals surface area contributed by atoms with Gasteiger partial charge in [-0.25, -0.2) is 0 Å². The van der Waals surface area contributed by atoms with E-state index in [4.69, 9.17) is 4.74 Å². The monoisotopic (exact) mass is 376 g/mol. The predicted molar refractivity (Wildman–Crippen MR) is 98.0 cm³/mol. The molecular weight excluding hydrogens is 356 g/mol. The minimum atomic E-state index is -0.100. The maximum atomic E-state index is 12.0. The van der Waals surface area contributed by atoms with Crippen molar-refractivity contribution in [1.29, 1.82) is 0 Å². The summed E-state index contributed by atoms with van der Waals surface area (Å²) in [5.41, 5.74) is 1.64. The fourth-order valence-electron chi connectivity index (χ4n) is 1.88. The summed E-state index contributed by atoms with van der Waals surface area (Å²) in [6.07, 6.45) is 0. The molecule has 122 valence electrons. The van der Waals surface area contributed by atoms with Crippen LogP contribution in [-0.2, 0) is 4.79 Å². The lowest BCUT2D eigenvalue weighted by molar-refractivity contribution is -0.114. The van der Waals surface area contributed by atoms with E-state index in [1.54, 1.807) is 0 Å². The first-order valence-corrected chi connectivity index (χ1v) is 8.35. The van der Waals surface area contributed by atoms with Crippen LogP contribution in [0.1, 0.15) is 13.8 Å². The zero-order valence-corrected chi connectivity index (χ0v) is 14.9. The van der Waals surface area contributed by atoms with Gasteiger partial charge >= 0.3 is 0 Å². The van der Waals surface area contributed by atoms with Crippen LogP contribution in [0, 0.1) is 5.92 Å². The van der Waals surface area contributed by atoms with Gasteiger partial charge in [-0.2, -0.15) is 0 Å². The van der Waals surface area contributed by atoms with Crippen molar-refractivity contribution < 1.29 is 9.53 Å². The molecule has 0 aliphatic rings. The molecule has 2 aromatic carbocycles. The Hall–Kier alpha value is -2.01. The van der Waals surface area contributed by atoms with Crippen LogP contribution < -0.4 is 15.4 Å². The van der Waals surface area contributed by atoms with Crippen LogP contribution in [0.4, 0.5) is 11.4 Å². The first kappa shape index (κ1) is 17.3. The molecule has 0 saturated carbocycles. The van der Waals surface area contributed by atoms with Gasteiger partial charge in [0.05, 0.1) is 13.2 Å². The Bertz CT molecular complexity index is 642. The molecule has 0 radical (unpaired) electrons. The second-order valence-electron chi connectivity index (χ2n) is 5.61. The Morgan fingerprint density at radius 2 is 1.83 bits per heavy atom. The number of benzene rings is 2. The lowest BCUT2D eigenvalue weighted by atomic mass is 10.2. The Kier molecular flexibility index (Phi) is 6.47. The van der Waals surface area contributed by atoms with Crippen LogP contribution in [0.3, 0.4) is 0 Å². The molecule has 4 nitrogen and oxygen atoms in total. The van der Waals surface area contributed by atoms with Crippen LogP contribution in [0.15, 0.2) is 53.0 Å². The second-order valence-corrected chi connectivity index (χ2v) is 6.47. The minimum absolute atomic E-state index is 0.100. The smallest absolute Gasteiger partial charge is 0.243 e. The van der Waals surface area contributed by atoms with E-state index in [0.29, 0.717) is 12.5 Å². The van der Waals surface area contributed by atoms with Crippen molar-refractivity contribution in [3.63, 3.8) is 0 Å². The van der Waals surface area contributed by atoms with Gasteiger partial charge in [0.25, 0.3) is 0 Å². The van der Waals surface area contributed by atoms with E-state index in [1.165, 1.54) is 0 Å². The van der Waals surface area contributed by atoms with E-state index >= 15 is 0 Å². The average molecular weight is 377 g/mol. The molecule has 0 saturated heterocycles. The van der Waals surface area contributed by atoms with Gasteiger partial charge in [-0.1, -0.05) is 26.0 Å². The van der Waals surface area contributed by atoms with E-state index in [-0.39, 0.29) is 12.5 Å². The Labute approximate surface area is 145 Å². The maximum Gasteiger partial charge on any atom is 0.243 e. The van der Waals surface area contributed by atoms with Crippen molar-refractivity contribution in [3.8, 4) is 5.75 Å². The molecule has 2 aromatic rings. The largest absolute Gasteiger partial charge is 0.493 e. The van der Waals surface area contributed by atoms with Crippen molar-refractivity contribution >= 4 is 33.2 Å². The van der Waals surface area contributed by atoms with Crippen molar-refractivity contribution in [3.05, 3.63) is 53.0 Å². The molecule has 2 rings (SSSR count). The van der Waals surface area contributed by atoms with Gasteiger partial charge in [-0.05, 0) is 58.2 Å². The Morgan fingerprint density at radius 3 is 2.48 bits per heavy atom. The molecule has 23 heavy (non-hydrogen) atoms. The highest BCUT2D eigenvalue weighted by molar-refractivity contribution is 9.10. The van der Waals surface area contributed by atoms with Gasteiger partial charge in [-0.15, -0.1) is 0 Å². The average Bonchev–Trinajstić information content (AvgIpc) is 2.53. The number of rotatable bonds is 7. The molecule has 5 heteroatoms. The molecule has 0 aliphatic heterocycles. The molecule has 0 aliphatic carbocycles. The Morgan fingerprint density at radius 1 is 1.13 bits per heavy atom. The number of anilines is 2. The minimum Gasteiger partial charge on any atom is -0.493 e. The number of ether oxygens (including phenoxy) is 1. The van der Waals surface area contributed by atoms with Crippen LogP contribution in [0.5, 0.6) is 5.75 Å². The van der Waals surface area contributed by atoms with Crippen molar-refractivity contribution in [2.45, 2.75) is 13.8 Å². The lowest BCUT2D eigenvalue weighted by Crippen LogP contribution is -2.21. The molecule has 0 bridgehead atoms. The summed E-state index contributed by atoms with van der Waals surface area (Å²) in [5.74, 6) is 1.19. The van der Waals surface area contributed by atoms with Crippen molar-refractivity contribution in [1.82, 2.24) is 0 Å². The summed E-state index contributed by atoms with van der Waals surface area (Å²) >= 11 is 3.44. The van der Waals surface area contributed by atoms with Gasteiger partial charge < -0.3 is 15.4 Å². The van der Waals surface area contributed by atoms with Crippen LogP contribution in [0.25, 0.3) is 0 Å². The number of amides is 1. The zero-order chi connectivity index (χ0) is 16.7. The molecular formula is C18H21BrN2O2. The van der Waals surface area contributed by atoms with Crippen LogP contribution in [0.2, 0.25) is 0 Å². The van der Waals surface area contributed by atoms with Gasteiger partial charge in [0, 0.05) is 15.8 Å². The Balaban J connectivity index is 1.82. The number of nitrogens with one attached hydrogen (secondary N) is 2. The standard InChI is InChI=1S/C18H21BrN2O2/c1-13(2)12-23-15-9-7-14(8-10-15)21-18(22)11-20-17-6-4-3-5-16(17)19/h3-10,13,20H,11-12H2,1-2H3,(H,21,22). The predicted octanol–water partition coefficient (Wildman–Crippen LogP) is 4.53. The molecule has 2 N–H and O–H groups in total. The third-order valence-corrected chi connectivity index (χ3v) is 3.73. The quantitative estimate of drug-likeness (QED) is 0.745. The number of hydrogen-bond acceptors (Lipinski definition) is 3. The summed E-state index contributed by atoms with van der Waals surface area (Å²) in [4.78, 5) is 12.0. The van der Waals surface area contributed by atoms with Crippen LogP contribution >= 0.6 is 15.9 Å². The third kappa shape index (κ3) is 5.94. The molecule has 1 amide bonds. The van der Waals surface area contributed by atoms with Crippen molar-refractivity contribution in [2.24, 2.45) is 5.92 Å². The summed E-state index contributed by atoms with van der Waals surface area (Å²) in [5, 5.41) is 5.94. The highest BCUT2D eigenvalue weighted by Gasteiger charge is 2.04. The molecule has 0 atom stereocenters. The summed E-state index contributed by atoms with van der Waals surface area (Å²) in [6, 6.07) is 15.1. The van der Waals surface area contributed by atoms with E-state index in [1.807, 2.05) is 48.5 Å². The van der Waals surface area contributed by atoms with Crippen molar-refractivity contribution in [2.75, 3.05) is 23.8 Å². The fourth-order valence-corrected chi connectivity index (χ4v) is 2.31. The van der Waals surface area contributed by atoms with E-state index < -0.39 is 0 Å². The third-order valence-electron chi connectivity index (χ3n) is 3.03. The summed E-state index contributed by atoms with van der Waals surface area (Å²) in [6.45, 7) is 5.09. The number of halogens is 1. The number of carbonyl (C=O) groups is 1. The maximum absolute atomic E-state index is 12.0. The van der Waals surface area contributed by atoms with Gasteiger partial charge in [0.2, 0.25) is 5.91 Å². The lowest BCUT2D eigenvalue weighted by Gasteiger charge is -2.11. The number of para-hydroxylation sites is 1. The van der Waals surface area contributed by atoms with E-state index in [2.05, 4.69) is 40.4 Å². The molecule has 0 spiro atoms. The SMILES string of the molecule is CC(C)COc1ccc(NC(=O)CNc2ccccc2Br)cc1. The van der Waals surface area contributed by atoms with Crippen LogP contribution in [-0.4, -0.2) is 19.1 Å². The number of carbonyl (C=O) groups excluding carboxylic acids is 1. The van der Waals surface area contributed by atoms with Gasteiger partial charge in [-0.3, -0.25) is 4.79 Å². The second kappa shape index (κ2) is 8.58. The first-order chi connectivity index (χ1) is 11.0. The highest BCUT2D eigenvalue weighted by Crippen LogP contribution is 2.21. The highest BCUT2D eigenvalue weighted by atomic mass is 79.9. The molecule has 0 unspecified atom stereocenters. The number of hydrogen-bond donors (Lipinski definition) is 2. The fraction of sp³-hybridized carbons (Fsp3) is 0.278. The molecule has 0 aromatic heterocycles. The van der Waals surface area contributed by atoms with Gasteiger partial charge in [0.15, 0.2) is 0 Å². The van der Waals surface area contributed by atoms with E-state index in [0.717, 1.165) is 21.6 Å². The normalized spacial score (nSPS) is 10.4. The van der Waals surface area contributed by atoms with Gasteiger partial charge in [0.1, 0.15) is 5.75 Å². The summed E-state index contributed by atoms with van der Waals surface area (Å²) in [7, 11) is 0. The topological polar surface area (TPSA) is 50.4 Å². The zero-order valence-electron chi connectivity index (χ0n) is 13.3. The van der Waals surface area contributed by atoms with E-state index in [9.17, 15) is 4.79 Å². The molecule has 0 heterocycles. The first-order valence-electron chi connectivity index (χ1n) is 7.55. The molecule has 0 fully saturated rings. The summed E-state index contributed by atoms with van der Waals surface area (Å²) < 4.78 is 6.55.